The van der Waals surface area contributed by atoms with Gasteiger partial charge in [-0.1, -0.05) is 40.9 Å². The van der Waals surface area contributed by atoms with Crippen LogP contribution in [-0.4, -0.2) is 51.7 Å². The molecule has 2 heterocycles. The van der Waals surface area contributed by atoms with Gasteiger partial charge in [0.15, 0.2) is 0 Å². The van der Waals surface area contributed by atoms with Crippen molar-refractivity contribution in [3.8, 4) is 0 Å². The molecule has 1 aliphatic rings. The van der Waals surface area contributed by atoms with Crippen LogP contribution in [0.4, 0.5) is 0 Å². The lowest BCUT2D eigenvalue weighted by Gasteiger charge is -2.34. The summed E-state index contributed by atoms with van der Waals surface area (Å²) in [6.45, 7) is 3.68. The van der Waals surface area contributed by atoms with E-state index in [0.29, 0.717) is 33.9 Å². The fraction of sp³-hybridized carbons (Fsp3) is 0.375. The Morgan fingerprint density at radius 3 is 2.38 bits per heavy atom. The van der Waals surface area contributed by atoms with E-state index in [1.165, 1.54) is 10.9 Å². The first-order valence-electron chi connectivity index (χ1n) is 7.59. The van der Waals surface area contributed by atoms with E-state index >= 15 is 0 Å². The van der Waals surface area contributed by atoms with Gasteiger partial charge in [-0.05, 0) is 17.7 Å². The summed E-state index contributed by atoms with van der Waals surface area (Å²) in [4.78, 5) is 16.7. The van der Waals surface area contributed by atoms with Crippen molar-refractivity contribution in [2.45, 2.75) is 6.54 Å². The normalized spacial score (nSPS) is 15.8. The molecule has 128 valence electrons. The lowest BCUT2D eigenvalue weighted by atomic mass is 10.2. The molecule has 0 aliphatic carbocycles. The molecule has 2 aromatic rings. The average molecular weight is 388 g/mol. The molecule has 0 N–H and O–H groups in total. The minimum atomic E-state index is -0.0748. The van der Waals surface area contributed by atoms with Gasteiger partial charge in [0, 0.05) is 39.8 Å². The monoisotopic (exact) mass is 386 g/mol. The van der Waals surface area contributed by atoms with E-state index in [4.69, 9.17) is 34.8 Å². The van der Waals surface area contributed by atoms with Crippen LogP contribution in [0, 0.1) is 0 Å². The van der Waals surface area contributed by atoms with Crippen LogP contribution >= 0.6 is 34.8 Å². The van der Waals surface area contributed by atoms with E-state index in [1.807, 2.05) is 23.1 Å². The van der Waals surface area contributed by atoms with E-state index in [0.717, 1.165) is 25.2 Å². The molecule has 24 heavy (non-hydrogen) atoms. The van der Waals surface area contributed by atoms with Crippen LogP contribution in [-0.2, 0) is 13.6 Å². The van der Waals surface area contributed by atoms with Crippen molar-refractivity contribution in [2.75, 3.05) is 26.2 Å². The topological polar surface area (TPSA) is 41.4 Å². The SMILES string of the molecule is Cn1ncc(Cl)c1C(=O)N1CCN(Cc2ccc(Cl)c(Cl)c2)CC1. The van der Waals surface area contributed by atoms with Crippen LogP contribution in [0.25, 0.3) is 0 Å². The van der Waals surface area contributed by atoms with Crippen molar-refractivity contribution in [1.82, 2.24) is 19.6 Å². The zero-order valence-electron chi connectivity index (χ0n) is 13.2. The number of hydrogen-bond acceptors (Lipinski definition) is 3. The Kier molecular flexibility index (Phi) is 5.35. The Morgan fingerprint density at radius 2 is 1.79 bits per heavy atom. The van der Waals surface area contributed by atoms with Crippen molar-refractivity contribution in [3.05, 3.63) is 50.7 Å². The van der Waals surface area contributed by atoms with Crippen LogP contribution < -0.4 is 0 Å². The van der Waals surface area contributed by atoms with E-state index in [9.17, 15) is 4.79 Å². The first kappa shape index (κ1) is 17.5. The summed E-state index contributed by atoms with van der Waals surface area (Å²) in [7, 11) is 1.72. The third-order valence-corrected chi connectivity index (χ3v) is 5.16. The molecule has 0 atom stereocenters. The standard InChI is InChI=1S/C16H17Cl3N4O/c1-21-15(14(19)9-20-21)16(24)23-6-4-22(5-7-23)10-11-2-3-12(17)13(18)8-11/h2-3,8-9H,4-7,10H2,1H3. The Hall–Kier alpha value is -1.27. The number of halogens is 3. The number of aromatic nitrogens is 2. The first-order valence-corrected chi connectivity index (χ1v) is 8.72. The molecule has 0 spiro atoms. The highest BCUT2D eigenvalue weighted by atomic mass is 35.5. The lowest BCUT2D eigenvalue weighted by Crippen LogP contribution is -2.48. The highest BCUT2D eigenvalue weighted by Gasteiger charge is 2.26. The first-order chi connectivity index (χ1) is 11.5. The van der Waals surface area contributed by atoms with E-state index in [-0.39, 0.29) is 5.91 Å². The van der Waals surface area contributed by atoms with Gasteiger partial charge >= 0.3 is 0 Å². The summed E-state index contributed by atoms with van der Waals surface area (Å²) >= 11 is 18.1. The number of amides is 1. The maximum Gasteiger partial charge on any atom is 0.273 e. The van der Waals surface area contributed by atoms with Crippen LogP contribution in [0.5, 0.6) is 0 Å². The number of rotatable bonds is 3. The zero-order chi connectivity index (χ0) is 17.3. The van der Waals surface area contributed by atoms with Gasteiger partial charge in [0.25, 0.3) is 5.91 Å². The second-order valence-corrected chi connectivity index (χ2v) is 7.00. The maximum atomic E-state index is 12.6. The number of piperazine rings is 1. The van der Waals surface area contributed by atoms with Gasteiger partial charge in [-0.15, -0.1) is 0 Å². The smallest absolute Gasteiger partial charge is 0.273 e. The maximum absolute atomic E-state index is 12.6. The number of carbonyl (C=O) groups is 1. The number of nitrogens with zero attached hydrogens (tertiary/aromatic N) is 4. The molecule has 1 saturated heterocycles. The van der Waals surface area contributed by atoms with Gasteiger partial charge in [-0.25, -0.2) is 0 Å². The average Bonchev–Trinajstić information content (AvgIpc) is 2.90. The molecule has 3 rings (SSSR count). The lowest BCUT2D eigenvalue weighted by molar-refractivity contribution is 0.0618. The van der Waals surface area contributed by atoms with Crippen LogP contribution in [0.15, 0.2) is 24.4 Å². The van der Waals surface area contributed by atoms with Crippen molar-refractivity contribution in [1.29, 1.82) is 0 Å². The number of benzene rings is 1. The molecule has 1 aliphatic heterocycles. The molecule has 1 amide bonds. The second kappa shape index (κ2) is 7.31. The molecule has 1 aromatic heterocycles. The quantitative estimate of drug-likeness (QED) is 0.811. The highest BCUT2D eigenvalue weighted by molar-refractivity contribution is 6.42. The summed E-state index contributed by atoms with van der Waals surface area (Å²) in [6.07, 6.45) is 1.50. The molecular formula is C16H17Cl3N4O. The van der Waals surface area contributed by atoms with Gasteiger partial charge in [-0.3, -0.25) is 14.4 Å². The van der Waals surface area contributed by atoms with Gasteiger partial charge < -0.3 is 4.90 Å². The molecule has 0 saturated carbocycles. The number of hydrogen-bond donors (Lipinski definition) is 0. The highest BCUT2D eigenvalue weighted by Crippen LogP contribution is 2.24. The fourth-order valence-corrected chi connectivity index (χ4v) is 3.37. The van der Waals surface area contributed by atoms with E-state index < -0.39 is 0 Å². The number of carbonyl (C=O) groups excluding carboxylic acids is 1. The number of aryl methyl sites for hydroxylation is 1. The van der Waals surface area contributed by atoms with Crippen molar-refractivity contribution in [2.24, 2.45) is 7.05 Å². The Labute approximate surface area is 155 Å². The molecule has 1 aromatic carbocycles. The van der Waals surface area contributed by atoms with Crippen LogP contribution in [0.3, 0.4) is 0 Å². The van der Waals surface area contributed by atoms with Gasteiger partial charge in [0.1, 0.15) is 5.69 Å². The molecule has 0 unspecified atom stereocenters. The summed E-state index contributed by atoms with van der Waals surface area (Å²) in [5, 5.41) is 5.53. The minimum absolute atomic E-state index is 0.0748. The summed E-state index contributed by atoms with van der Waals surface area (Å²) in [5.41, 5.74) is 1.55. The molecule has 0 radical (unpaired) electrons. The largest absolute Gasteiger partial charge is 0.335 e. The van der Waals surface area contributed by atoms with Gasteiger partial charge in [-0.2, -0.15) is 5.10 Å². The third kappa shape index (κ3) is 3.70. The van der Waals surface area contributed by atoms with E-state index in [2.05, 4.69) is 10.00 Å². The minimum Gasteiger partial charge on any atom is -0.335 e. The van der Waals surface area contributed by atoms with Crippen molar-refractivity contribution >= 4 is 40.7 Å². The summed E-state index contributed by atoms with van der Waals surface area (Å²) in [6, 6.07) is 5.67. The van der Waals surface area contributed by atoms with Crippen LogP contribution in [0.2, 0.25) is 15.1 Å². The second-order valence-electron chi connectivity index (χ2n) is 5.78. The fourth-order valence-electron chi connectivity index (χ4n) is 2.81. The predicted octanol–water partition coefficient (Wildman–Crippen LogP) is 3.34. The zero-order valence-corrected chi connectivity index (χ0v) is 15.4. The Balaban J connectivity index is 1.59. The summed E-state index contributed by atoms with van der Waals surface area (Å²) in [5.74, 6) is -0.0748. The van der Waals surface area contributed by atoms with Crippen molar-refractivity contribution < 1.29 is 4.79 Å². The molecule has 5 nitrogen and oxygen atoms in total. The Bertz CT molecular complexity index is 734. The molecule has 1 fully saturated rings. The van der Waals surface area contributed by atoms with Gasteiger partial charge in [0.2, 0.25) is 0 Å². The predicted molar refractivity (Wildman–Crippen MR) is 95.9 cm³/mol. The van der Waals surface area contributed by atoms with Gasteiger partial charge in [0.05, 0.1) is 21.3 Å². The summed E-state index contributed by atoms with van der Waals surface area (Å²) < 4.78 is 1.52. The molecular weight excluding hydrogens is 371 g/mol. The molecule has 8 heteroatoms. The third-order valence-electron chi connectivity index (χ3n) is 4.15. The van der Waals surface area contributed by atoms with E-state index in [1.54, 1.807) is 7.05 Å². The Morgan fingerprint density at radius 1 is 1.08 bits per heavy atom. The molecule has 0 bridgehead atoms. The van der Waals surface area contributed by atoms with Crippen molar-refractivity contribution in [3.63, 3.8) is 0 Å². The van der Waals surface area contributed by atoms with Crippen LogP contribution in [0.1, 0.15) is 16.1 Å².